The fraction of sp³-hybridized carbons (Fsp3) is 0.875. The first-order valence-electron chi connectivity index (χ1n) is 4.31. The minimum atomic E-state index is -0.0287. The van der Waals surface area contributed by atoms with E-state index in [1.54, 1.807) is 0 Å². The highest BCUT2D eigenvalue weighted by Crippen LogP contribution is 2.16. The molecule has 3 nitrogen and oxygen atoms in total. The summed E-state index contributed by atoms with van der Waals surface area (Å²) < 4.78 is 0. The van der Waals surface area contributed by atoms with Gasteiger partial charge in [0.2, 0.25) is 5.91 Å². The first-order chi connectivity index (χ1) is 5.68. The third kappa shape index (κ3) is 3.45. The Hall–Kier alpha value is -0.220. The lowest BCUT2D eigenvalue weighted by Crippen LogP contribution is -2.37. The topological polar surface area (TPSA) is 55.1 Å². The van der Waals surface area contributed by atoms with Crippen molar-refractivity contribution >= 4 is 17.7 Å². The zero-order chi connectivity index (χ0) is 8.97. The maximum Gasteiger partial charge on any atom is 0.221 e. The summed E-state index contributed by atoms with van der Waals surface area (Å²) in [7, 11) is 0. The molecule has 0 aromatic rings. The average Bonchev–Trinajstić information content (AvgIpc) is 2.37. The van der Waals surface area contributed by atoms with E-state index in [0.29, 0.717) is 12.5 Å². The van der Waals surface area contributed by atoms with Crippen molar-refractivity contribution in [3.63, 3.8) is 0 Å². The van der Waals surface area contributed by atoms with Crippen LogP contribution >= 0.6 is 11.8 Å². The lowest BCUT2D eigenvalue weighted by atomic mass is 10.2. The van der Waals surface area contributed by atoms with Gasteiger partial charge in [-0.15, -0.1) is 0 Å². The highest BCUT2D eigenvalue weighted by molar-refractivity contribution is 7.99. The summed E-state index contributed by atoms with van der Waals surface area (Å²) in [6, 6.07) is 0.361. The zero-order valence-corrected chi connectivity index (χ0v) is 8.19. The SMILES string of the molecule is CC(N)CC(=O)NC1CCSC1. The molecule has 4 heteroatoms. The summed E-state index contributed by atoms with van der Waals surface area (Å²) in [4.78, 5) is 11.2. The first kappa shape index (κ1) is 9.86. The molecule has 1 aliphatic heterocycles. The number of hydrogen-bond donors (Lipinski definition) is 2. The Morgan fingerprint density at radius 1 is 1.83 bits per heavy atom. The van der Waals surface area contributed by atoms with Crippen molar-refractivity contribution < 1.29 is 4.79 Å². The molecule has 0 aromatic heterocycles. The van der Waals surface area contributed by atoms with Gasteiger partial charge in [-0.2, -0.15) is 11.8 Å². The zero-order valence-electron chi connectivity index (χ0n) is 7.38. The number of carbonyl (C=O) groups is 1. The summed E-state index contributed by atoms with van der Waals surface area (Å²) >= 11 is 1.90. The molecule has 3 N–H and O–H groups in total. The van der Waals surface area contributed by atoms with Crippen LogP contribution < -0.4 is 11.1 Å². The Morgan fingerprint density at radius 3 is 3.08 bits per heavy atom. The van der Waals surface area contributed by atoms with Gasteiger partial charge in [0.05, 0.1) is 0 Å². The van der Waals surface area contributed by atoms with Crippen LogP contribution in [0.4, 0.5) is 0 Å². The van der Waals surface area contributed by atoms with Crippen molar-refractivity contribution in [3.05, 3.63) is 0 Å². The number of hydrogen-bond acceptors (Lipinski definition) is 3. The van der Waals surface area contributed by atoms with E-state index in [9.17, 15) is 4.79 Å². The quantitative estimate of drug-likeness (QED) is 0.672. The predicted molar refractivity (Wildman–Crippen MR) is 52.1 cm³/mol. The molecule has 0 radical (unpaired) electrons. The van der Waals surface area contributed by atoms with E-state index in [1.165, 1.54) is 5.75 Å². The molecule has 12 heavy (non-hydrogen) atoms. The number of amides is 1. The summed E-state index contributed by atoms with van der Waals surface area (Å²) in [6.45, 7) is 1.85. The molecule has 2 unspecified atom stereocenters. The summed E-state index contributed by atoms with van der Waals surface area (Å²) in [5.41, 5.74) is 5.50. The monoisotopic (exact) mass is 188 g/mol. The third-order valence-corrected chi connectivity index (χ3v) is 2.96. The third-order valence-electron chi connectivity index (χ3n) is 1.80. The molecule has 1 fully saturated rings. The summed E-state index contributed by atoms with van der Waals surface area (Å²) in [5.74, 6) is 2.32. The van der Waals surface area contributed by atoms with Crippen LogP contribution in [-0.4, -0.2) is 29.5 Å². The Balaban J connectivity index is 2.16. The second-order valence-electron chi connectivity index (χ2n) is 3.31. The Kier molecular flexibility index (Phi) is 3.88. The molecule has 1 amide bonds. The summed E-state index contributed by atoms with van der Waals surface area (Å²) in [6.07, 6.45) is 1.55. The van der Waals surface area contributed by atoms with E-state index in [-0.39, 0.29) is 11.9 Å². The van der Waals surface area contributed by atoms with Crippen LogP contribution in [0.1, 0.15) is 19.8 Å². The molecule has 0 bridgehead atoms. The number of carbonyl (C=O) groups excluding carboxylic acids is 1. The molecule has 70 valence electrons. The fourth-order valence-corrected chi connectivity index (χ4v) is 2.38. The molecule has 1 heterocycles. The Morgan fingerprint density at radius 2 is 2.58 bits per heavy atom. The van der Waals surface area contributed by atoms with E-state index in [4.69, 9.17) is 5.73 Å². The molecular weight excluding hydrogens is 172 g/mol. The van der Waals surface area contributed by atoms with Crippen molar-refractivity contribution in [3.8, 4) is 0 Å². The molecule has 2 atom stereocenters. The number of rotatable bonds is 3. The Labute approximate surface area is 77.5 Å². The van der Waals surface area contributed by atoms with Crippen LogP contribution in [0, 0.1) is 0 Å². The van der Waals surface area contributed by atoms with Gasteiger partial charge in [-0.05, 0) is 19.1 Å². The molecule has 1 aliphatic rings. The van der Waals surface area contributed by atoms with Crippen molar-refractivity contribution in [1.82, 2.24) is 5.32 Å². The number of nitrogens with one attached hydrogen (secondary N) is 1. The van der Waals surface area contributed by atoms with Crippen LogP contribution in [-0.2, 0) is 4.79 Å². The van der Waals surface area contributed by atoms with Crippen LogP contribution in [0.5, 0.6) is 0 Å². The van der Waals surface area contributed by atoms with Crippen LogP contribution in [0.2, 0.25) is 0 Å². The van der Waals surface area contributed by atoms with E-state index in [1.807, 2.05) is 18.7 Å². The van der Waals surface area contributed by atoms with E-state index in [2.05, 4.69) is 5.32 Å². The lowest BCUT2D eigenvalue weighted by Gasteiger charge is -2.12. The lowest BCUT2D eigenvalue weighted by molar-refractivity contribution is -0.121. The molecule has 0 aromatic carbocycles. The van der Waals surface area contributed by atoms with E-state index in [0.717, 1.165) is 12.2 Å². The van der Waals surface area contributed by atoms with Gasteiger partial charge < -0.3 is 11.1 Å². The largest absolute Gasteiger partial charge is 0.352 e. The standard InChI is InChI=1S/C8H16N2OS/c1-6(9)4-8(11)10-7-2-3-12-5-7/h6-7H,2-5,9H2,1H3,(H,10,11). The van der Waals surface area contributed by atoms with Crippen molar-refractivity contribution in [2.24, 2.45) is 5.73 Å². The van der Waals surface area contributed by atoms with Gasteiger partial charge in [-0.1, -0.05) is 0 Å². The first-order valence-corrected chi connectivity index (χ1v) is 5.46. The highest BCUT2D eigenvalue weighted by Gasteiger charge is 2.17. The molecule has 0 aliphatic carbocycles. The van der Waals surface area contributed by atoms with Gasteiger partial charge in [-0.25, -0.2) is 0 Å². The van der Waals surface area contributed by atoms with Crippen LogP contribution in [0.25, 0.3) is 0 Å². The highest BCUT2D eigenvalue weighted by atomic mass is 32.2. The number of thioether (sulfide) groups is 1. The minimum Gasteiger partial charge on any atom is -0.352 e. The van der Waals surface area contributed by atoms with Gasteiger partial charge in [0, 0.05) is 24.3 Å². The maximum atomic E-state index is 11.2. The van der Waals surface area contributed by atoms with Gasteiger partial charge in [0.1, 0.15) is 0 Å². The Bertz CT molecular complexity index is 155. The number of nitrogens with two attached hydrogens (primary N) is 1. The smallest absolute Gasteiger partial charge is 0.221 e. The van der Waals surface area contributed by atoms with Gasteiger partial charge >= 0.3 is 0 Å². The van der Waals surface area contributed by atoms with Crippen molar-refractivity contribution in [2.75, 3.05) is 11.5 Å². The maximum absolute atomic E-state index is 11.2. The van der Waals surface area contributed by atoms with Gasteiger partial charge in [-0.3, -0.25) is 4.79 Å². The summed E-state index contributed by atoms with van der Waals surface area (Å²) in [5, 5.41) is 2.97. The minimum absolute atomic E-state index is 0.0287. The molecule has 1 rings (SSSR count). The van der Waals surface area contributed by atoms with Crippen LogP contribution in [0.15, 0.2) is 0 Å². The van der Waals surface area contributed by atoms with E-state index >= 15 is 0 Å². The van der Waals surface area contributed by atoms with E-state index < -0.39 is 0 Å². The fourth-order valence-electron chi connectivity index (χ4n) is 1.23. The van der Waals surface area contributed by atoms with Crippen molar-refractivity contribution in [1.29, 1.82) is 0 Å². The van der Waals surface area contributed by atoms with Gasteiger partial charge in [0.15, 0.2) is 0 Å². The average molecular weight is 188 g/mol. The molecule has 0 saturated carbocycles. The molecular formula is C8H16N2OS. The second kappa shape index (κ2) is 4.72. The molecule has 0 spiro atoms. The second-order valence-corrected chi connectivity index (χ2v) is 4.46. The predicted octanol–water partition coefficient (Wildman–Crippen LogP) is 0.345. The van der Waals surface area contributed by atoms with Crippen LogP contribution in [0.3, 0.4) is 0 Å². The normalized spacial score (nSPS) is 25.3. The molecule has 1 saturated heterocycles. The van der Waals surface area contributed by atoms with Gasteiger partial charge in [0.25, 0.3) is 0 Å². The van der Waals surface area contributed by atoms with Crippen molar-refractivity contribution in [2.45, 2.75) is 31.8 Å².